The van der Waals surface area contributed by atoms with Crippen LogP contribution in [0.15, 0.2) is 18.2 Å². The molecular weight excluding hydrogens is 356 g/mol. The van der Waals surface area contributed by atoms with Crippen LogP contribution >= 0.6 is 0 Å². The van der Waals surface area contributed by atoms with Crippen molar-refractivity contribution in [2.75, 3.05) is 18.4 Å². The van der Waals surface area contributed by atoms with Crippen molar-refractivity contribution in [1.82, 2.24) is 15.7 Å². The molecule has 10 nitrogen and oxygen atoms in total. The molecule has 1 saturated heterocycles. The summed E-state index contributed by atoms with van der Waals surface area (Å²) < 4.78 is 0. The van der Waals surface area contributed by atoms with Crippen LogP contribution in [0.5, 0.6) is 0 Å². The summed E-state index contributed by atoms with van der Waals surface area (Å²) in [7, 11) is 0. The molecule has 0 radical (unpaired) electrons. The van der Waals surface area contributed by atoms with Gasteiger partial charge in [-0.25, -0.2) is 0 Å². The Balaban J connectivity index is 1.75. The SMILES string of the molecule is CC(=O)ONCCNc1cccc2c1C(=O)N(C1CCC(=O)NC1=O)C2=O. The molecule has 4 amide bonds. The molecule has 10 heteroatoms. The maximum Gasteiger partial charge on any atom is 0.321 e. The van der Waals surface area contributed by atoms with E-state index in [0.29, 0.717) is 12.2 Å². The fraction of sp³-hybridized carbons (Fsp3) is 0.353. The zero-order valence-electron chi connectivity index (χ0n) is 14.5. The Kier molecular flexibility index (Phi) is 5.17. The molecule has 0 bridgehead atoms. The Morgan fingerprint density at radius 3 is 2.70 bits per heavy atom. The summed E-state index contributed by atoms with van der Waals surface area (Å²) in [4.78, 5) is 65.1. The lowest BCUT2D eigenvalue weighted by Gasteiger charge is -2.27. The van der Waals surface area contributed by atoms with E-state index in [1.54, 1.807) is 12.1 Å². The molecular formula is C17H18N4O6. The minimum absolute atomic E-state index is 0.0662. The van der Waals surface area contributed by atoms with E-state index < -0.39 is 35.6 Å². The first-order valence-corrected chi connectivity index (χ1v) is 8.39. The van der Waals surface area contributed by atoms with Crippen LogP contribution in [0, 0.1) is 0 Å². The highest BCUT2D eigenvalue weighted by atomic mass is 16.7. The molecule has 1 fully saturated rings. The smallest absolute Gasteiger partial charge is 0.321 e. The van der Waals surface area contributed by atoms with Gasteiger partial charge < -0.3 is 10.2 Å². The van der Waals surface area contributed by atoms with Crippen LogP contribution in [-0.4, -0.2) is 53.6 Å². The second kappa shape index (κ2) is 7.54. The van der Waals surface area contributed by atoms with Gasteiger partial charge in [-0.15, -0.1) is 0 Å². The first-order chi connectivity index (χ1) is 12.9. The van der Waals surface area contributed by atoms with Crippen molar-refractivity contribution >= 4 is 35.3 Å². The number of fused-ring (bicyclic) bond motifs is 1. The van der Waals surface area contributed by atoms with Gasteiger partial charge in [0.15, 0.2) is 0 Å². The number of nitrogens with one attached hydrogen (secondary N) is 3. The van der Waals surface area contributed by atoms with E-state index in [1.807, 2.05) is 0 Å². The highest BCUT2D eigenvalue weighted by Gasteiger charge is 2.45. The maximum absolute atomic E-state index is 12.8. The second-order valence-electron chi connectivity index (χ2n) is 6.09. The predicted molar refractivity (Wildman–Crippen MR) is 91.4 cm³/mol. The van der Waals surface area contributed by atoms with Crippen LogP contribution in [-0.2, 0) is 19.2 Å². The van der Waals surface area contributed by atoms with Gasteiger partial charge in [0.1, 0.15) is 6.04 Å². The largest absolute Gasteiger partial charge is 0.383 e. The van der Waals surface area contributed by atoms with Crippen molar-refractivity contribution in [2.45, 2.75) is 25.8 Å². The molecule has 1 atom stereocenters. The van der Waals surface area contributed by atoms with Crippen LogP contribution < -0.4 is 16.1 Å². The molecule has 1 aromatic carbocycles. The van der Waals surface area contributed by atoms with Crippen molar-refractivity contribution < 1.29 is 28.8 Å². The summed E-state index contributed by atoms with van der Waals surface area (Å²) in [6.45, 7) is 1.87. The lowest BCUT2D eigenvalue weighted by Crippen LogP contribution is -2.54. The third-order valence-corrected chi connectivity index (χ3v) is 4.23. The maximum atomic E-state index is 12.8. The average Bonchev–Trinajstić information content (AvgIpc) is 2.87. The second-order valence-corrected chi connectivity index (χ2v) is 6.09. The quantitative estimate of drug-likeness (QED) is 0.347. The fourth-order valence-corrected chi connectivity index (χ4v) is 3.06. The average molecular weight is 374 g/mol. The van der Waals surface area contributed by atoms with Crippen molar-refractivity contribution in [3.8, 4) is 0 Å². The molecule has 0 saturated carbocycles. The number of benzene rings is 1. The van der Waals surface area contributed by atoms with Crippen LogP contribution in [0.25, 0.3) is 0 Å². The number of hydrogen-bond donors (Lipinski definition) is 3. The van der Waals surface area contributed by atoms with E-state index >= 15 is 0 Å². The summed E-state index contributed by atoms with van der Waals surface area (Å²) in [6.07, 6.45) is 0.169. The van der Waals surface area contributed by atoms with Gasteiger partial charge in [-0.2, -0.15) is 5.48 Å². The monoisotopic (exact) mass is 374 g/mol. The Bertz CT molecular complexity index is 837. The molecule has 2 heterocycles. The van der Waals surface area contributed by atoms with Gasteiger partial charge in [0, 0.05) is 32.1 Å². The number of imide groups is 2. The van der Waals surface area contributed by atoms with Gasteiger partial charge >= 0.3 is 5.97 Å². The number of anilines is 1. The van der Waals surface area contributed by atoms with Crippen molar-refractivity contribution in [1.29, 1.82) is 0 Å². The number of rotatable bonds is 6. The highest BCUT2D eigenvalue weighted by molar-refractivity contribution is 6.25. The number of carbonyl (C=O) groups is 5. The first-order valence-electron chi connectivity index (χ1n) is 8.39. The number of carbonyl (C=O) groups excluding carboxylic acids is 5. The van der Waals surface area contributed by atoms with Gasteiger partial charge in [0.2, 0.25) is 11.8 Å². The predicted octanol–water partition coefficient (Wildman–Crippen LogP) is -0.433. The van der Waals surface area contributed by atoms with Crippen LogP contribution in [0.4, 0.5) is 5.69 Å². The van der Waals surface area contributed by atoms with Crippen LogP contribution in [0.3, 0.4) is 0 Å². The van der Waals surface area contributed by atoms with E-state index in [4.69, 9.17) is 0 Å². The summed E-state index contributed by atoms with van der Waals surface area (Å²) in [6, 6.07) is 3.78. The summed E-state index contributed by atoms with van der Waals surface area (Å²) in [5.41, 5.74) is 3.27. The molecule has 0 aliphatic carbocycles. The summed E-state index contributed by atoms with van der Waals surface area (Å²) in [5, 5.41) is 5.16. The molecule has 142 valence electrons. The first kappa shape index (κ1) is 18.5. The fourth-order valence-electron chi connectivity index (χ4n) is 3.06. The van der Waals surface area contributed by atoms with E-state index in [2.05, 4.69) is 21.0 Å². The Hall–Kier alpha value is -3.27. The van der Waals surface area contributed by atoms with Crippen LogP contribution in [0.1, 0.15) is 40.5 Å². The molecule has 3 N–H and O–H groups in total. The summed E-state index contributed by atoms with van der Waals surface area (Å²) in [5.74, 6) is -2.70. The van der Waals surface area contributed by atoms with Gasteiger partial charge in [-0.05, 0) is 18.6 Å². The number of piperidine rings is 1. The third-order valence-electron chi connectivity index (χ3n) is 4.23. The molecule has 0 spiro atoms. The van der Waals surface area contributed by atoms with E-state index in [-0.39, 0.29) is 30.5 Å². The minimum atomic E-state index is -1.01. The lowest BCUT2D eigenvalue weighted by molar-refractivity contribution is -0.148. The zero-order chi connectivity index (χ0) is 19.6. The lowest BCUT2D eigenvalue weighted by atomic mass is 10.0. The normalized spacial score (nSPS) is 19.0. The zero-order valence-corrected chi connectivity index (χ0v) is 14.5. The van der Waals surface area contributed by atoms with E-state index in [9.17, 15) is 24.0 Å². The molecule has 2 aliphatic heterocycles. The van der Waals surface area contributed by atoms with E-state index in [1.165, 1.54) is 13.0 Å². The van der Waals surface area contributed by atoms with Crippen molar-refractivity contribution in [3.05, 3.63) is 29.3 Å². The molecule has 0 aromatic heterocycles. The van der Waals surface area contributed by atoms with Crippen molar-refractivity contribution in [2.24, 2.45) is 0 Å². The van der Waals surface area contributed by atoms with E-state index in [0.717, 1.165) is 4.90 Å². The van der Waals surface area contributed by atoms with Crippen LogP contribution in [0.2, 0.25) is 0 Å². The molecule has 1 aromatic rings. The molecule has 3 rings (SSSR count). The topological polar surface area (TPSA) is 134 Å². The number of hydroxylamine groups is 1. The van der Waals surface area contributed by atoms with Gasteiger partial charge in [0.25, 0.3) is 11.8 Å². The van der Waals surface area contributed by atoms with Gasteiger partial charge in [0.05, 0.1) is 11.1 Å². The number of amides is 4. The minimum Gasteiger partial charge on any atom is -0.383 e. The Morgan fingerprint density at radius 2 is 2.00 bits per heavy atom. The molecule has 1 unspecified atom stereocenters. The molecule has 2 aliphatic rings. The summed E-state index contributed by atoms with van der Waals surface area (Å²) >= 11 is 0. The number of hydrogen-bond acceptors (Lipinski definition) is 8. The standard InChI is InChI=1S/C17H18N4O6/c1-9(22)27-19-8-7-18-11-4-2-3-10-14(11)17(26)21(16(10)25)12-5-6-13(23)20-15(12)24/h2-4,12,18-19H,5-8H2,1H3,(H,20,23,24). The Labute approximate surface area is 154 Å². The molecule has 27 heavy (non-hydrogen) atoms. The third kappa shape index (κ3) is 3.65. The Morgan fingerprint density at radius 1 is 1.22 bits per heavy atom. The number of nitrogens with zero attached hydrogens (tertiary/aromatic N) is 1. The highest BCUT2D eigenvalue weighted by Crippen LogP contribution is 2.32. The van der Waals surface area contributed by atoms with Gasteiger partial charge in [-0.3, -0.25) is 34.2 Å². The van der Waals surface area contributed by atoms with Crippen molar-refractivity contribution in [3.63, 3.8) is 0 Å². The van der Waals surface area contributed by atoms with Gasteiger partial charge in [-0.1, -0.05) is 6.07 Å².